The molecule has 0 aromatic carbocycles. The summed E-state index contributed by atoms with van der Waals surface area (Å²) in [6, 6.07) is 1.85. The largest absolute Gasteiger partial charge is 0.396 e. The number of aliphatic hydroxyl groups is 1. The van der Waals surface area contributed by atoms with Crippen molar-refractivity contribution < 1.29 is 9.63 Å². The Labute approximate surface area is 93.7 Å². The van der Waals surface area contributed by atoms with Gasteiger partial charge in [-0.2, -0.15) is 5.10 Å². The van der Waals surface area contributed by atoms with E-state index < -0.39 is 0 Å². The van der Waals surface area contributed by atoms with E-state index in [2.05, 4.69) is 17.2 Å². The fourth-order valence-corrected chi connectivity index (χ4v) is 1.68. The van der Waals surface area contributed by atoms with Gasteiger partial charge >= 0.3 is 0 Å². The van der Waals surface area contributed by atoms with Crippen molar-refractivity contribution in [2.45, 2.75) is 19.8 Å². The van der Waals surface area contributed by atoms with Crippen molar-refractivity contribution in [3.05, 3.63) is 23.7 Å². The maximum Gasteiger partial charge on any atom is 0.139 e. The first-order valence-corrected chi connectivity index (χ1v) is 5.34. The van der Waals surface area contributed by atoms with Crippen LogP contribution in [0.15, 0.2) is 16.8 Å². The number of nitrogens with zero attached hydrogens (tertiary/aromatic N) is 3. The van der Waals surface area contributed by atoms with Crippen LogP contribution in [0, 0.1) is 0 Å². The molecule has 0 spiro atoms. The van der Waals surface area contributed by atoms with Crippen molar-refractivity contribution in [1.82, 2.24) is 14.9 Å². The summed E-state index contributed by atoms with van der Waals surface area (Å²) in [6.45, 7) is 2.13. The van der Waals surface area contributed by atoms with Crippen LogP contribution in [0.25, 0.3) is 11.3 Å². The van der Waals surface area contributed by atoms with Crippen molar-refractivity contribution >= 4 is 0 Å². The van der Waals surface area contributed by atoms with E-state index in [9.17, 15) is 0 Å². The minimum atomic E-state index is 0.0717. The first kappa shape index (κ1) is 10.9. The summed E-state index contributed by atoms with van der Waals surface area (Å²) in [7, 11) is 1.89. The van der Waals surface area contributed by atoms with Crippen LogP contribution in [0.4, 0.5) is 0 Å². The van der Waals surface area contributed by atoms with Crippen molar-refractivity contribution in [2.75, 3.05) is 6.61 Å². The fraction of sp³-hybridized carbons (Fsp3) is 0.455. The molecule has 0 unspecified atom stereocenters. The lowest BCUT2D eigenvalue weighted by Crippen LogP contribution is -1.89. The van der Waals surface area contributed by atoms with Gasteiger partial charge < -0.3 is 9.63 Å². The monoisotopic (exact) mass is 221 g/mol. The molecule has 0 saturated carbocycles. The number of aromatic nitrogens is 3. The molecule has 0 radical (unpaired) electrons. The smallest absolute Gasteiger partial charge is 0.139 e. The SMILES string of the molecule is CCc1nn(C)cc1-c1cc(CCO)on1. The van der Waals surface area contributed by atoms with Gasteiger partial charge in [0.2, 0.25) is 0 Å². The topological polar surface area (TPSA) is 64.1 Å². The van der Waals surface area contributed by atoms with E-state index in [1.54, 1.807) is 4.68 Å². The Hall–Kier alpha value is -1.62. The molecule has 2 rings (SSSR count). The van der Waals surface area contributed by atoms with Gasteiger partial charge in [0, 0.05) is 31.3 Å². The lowest BCUT2D eigenvalue weighted by atomic mass is 10.1. The molecule has 2 aromatic rings. The summed E-state index contributed by atoms with van der Waals surface area (Å²) in [4.78, 5) is 0. The van der Waals surface area contributed by atoms with Gasteiger partial charge in [0.05, 0.1) is 12.3 Å². The molecular weight excluding hydrogens is 206 g/mol. The van der Waals surface area contributed by atoms with Crippen molar-refractivity contribution in [1.29, 1.82) is 0 Å². The summed E-state index contributed by atoms with van der Waals surface area (Å²) in [6.07, 6.45) is 3.28. The van der Waals surface area contributed by atoms with E-state index in [0.717, 1.165) is 23.4 Å². The second kappa shape index (κ2) is 4.49. The zero-order valence-electron chi connectivity index (χ0n) is 9.47. The van der Waals surface area contributed by atoms with E-state index in [0.29, 0.717) is 12.2 Å². The van der Waals surface area contributed by atoms with E-state index in [1.165, 1.54) is 0 Å². The van der Waals surface area contributed by atoms with Crippen LogP contribution in [-0.2, 0) is 19.9 Å². The highest BCUT2D eigenvalue weighted by Gasteiger charge is 2.12. The average molecular weight is 221 g/mol. The third-order valence-electron chi connectivity index (χ3n) is 2.43. The molecule has 2 aromatic heterocycles. The minimum Gasteiger partial charge on any atom is -0.396 e. The number of hydrogen-bond donors (Lipinski definition) is 1. The van der Waals surface area contributed by atoms with Crippen LogP contribution in [0.1, 0.15) is 18.4 Å². The summed E-state index contributed by atoms with van der Waals surface area (Å²) >= 11 is 0. The first-order chi connectivity index (χ1) is 7.74. The third kappa shape index (κ3) is 1.99. The van der Waals surface area contributed by atoms with Crippen LogP contribution in [0.5, 0.6) is 0 Å². The van der Waals surface area contributed by atoms with E-state index in [4.69, 9.17) is 9.63 Å². The Morgan fingerprint density at radius 2 is 2.31 bits per heavy atom. The summed E-state index contributed by atoms with van der Waals surface area (Å²) in [5, 5.41) is 17.1. The summed E-state index contributed by atoms with van der Waals surface area (Å²) in [5.41, 5.74) is 2.79. The Bertz CT molecular complexity index is 473. The van der Waals surface area contributed by atoms with Crippen LogP contribution in [0.3, 0.4) is 0 Å². The van der Waals surface area contributed by atoms with Gasteiger partial charge in [-0.05, 0) is 6.42 Å². The maximum absolute atomic E-state index is 8.80. The number of aliphatic hydroxyl groups excluding tert-OH is 1. The average Bonchev–Trinajstić information content (AvgIpc) is 2.85. The highest BCUT2D eigenvalue weighted by atomic mass is 16.5. The van der Waals surface area contributed by atoms with Crippen molar-refractivity contribution in [3.63, 3.8) is 0 Å². The standard InChI is InChI=1S/C11H15N3O2/c1-3-10-9(7-14(2)12-10)11-6-8(4-5-15)16-13-11/h6-7,15H,3-5H2,1-2H3. The van der Waals surface area contributed by atoms with E-state index in [1.807, 2.05) is 19.3 Å². The van der Waals surface area contributed by atoms with Crippen LogP contribution in [-0.4, -0.2) is 26.7 Å². The van der Waals surface area contributed by atoms with Gasteiger partial charge in [-0.3, -0.25) is 4.68 Å². The normalized spacial score (nSPS) is 10.9. The number of rotatable bonds is 4. The molecule has 5 nitrogen and oxygen atoms in total. The zero-order chi connectivity index (χ0) is 11.5. The molecule has 86 valence electrons. The molecule has 0 fully saturated rings. The predicted molar refractivity (Wildman–Crippen MR) is 58.9 cm³/mol. The number of aryl methyl sites for hydroxylation is 2. The van der Waals surface area contributed by atoms with Crippen LogP contribution >= 0.6 is 0 Å². The van der Waals surface area contributed by atoms with Gasteiger partial charge in [0.1, 0.15) is 11.5 Å². The molecule has 0 bridgehead atoms. The molecule has 5 heteroatoms. The molecule has 0 atom stereocenters. The first-order valence-electron chi connectivity index (χ1n) is 5.34. The highest BCUT2D eigenvalue weighted by Crippen LogP contribution is 2.22. The Balaban J connectivity index is 2.34. The summed E-state index contributed by atoms with van der Waals surface area (Å²) in [5.74, 6) is 0.698. The molecule has 2 heterocycles. The molecule has 0 aliphatic carbocycles. The molecule has 1 N–H and O–H groups in total. The minimum absolute atomic E-state index is 0.0717. The number of hydrogen-bond acceptors (Lipinski definition) is 4. The molecular formula is C11H15N3O2. The molecule has 0 amide bonds. The van der Waals surface area contributed by atoms with Crippen LogP contribution in [0.2, 0.25) is 0 Å². The zero-order valence-corrected chi connectivity index (χ0v) is 9.47. The second-order valence-corrected chi connectivity index (χ2v) is 3.67. The third-order valence-corrected chi connectivity index (χ3v) is 2.43. The van der Waals surface area contributed by atoms with E-state index >= 15 is 0 Å². The van der Waals surface area contributed by atoms with E-state index in [-0.39, 0.29) is 6.61 Å². The lowest BCUT2D eigenvalue weighted by molar-refractivity contribution is 0.277. The Morgan fingerprint density at radius 1 is 1.50 bits per heavy atom. The molecule has 0 aliphatic rings. The maximum atomic E-state index is 8.80. The van der Waals surface area contributed by atoms with Crippen molar-refractivity contribution in [2.24, 2.45) is 7.05 Å². The molecule has 0 aliphatic heterocycles. The Morgan fingerprint density at radius 3 is 3.00 bits per heavy atom. The van der Waals surface area contributed by atoms with Gasteiger partial charge in [0.25, 0.3) is 0 Å². The molecule has 0 saturated heterocycles. The van der Waals surface area contributed by atoms with Gasteiger partial charge in [-0.1, -0.05) is 12.1 Å². The quantitative estimate of drug-likeness (QED) is 0.841. The predicted octanol–water partition coefficient (Wildman–Crippen LogP) is 1.17. The van der Waals surface area contributed by atoms with Gasteiger partial charge in [0.15, 0.2) is 0 Å². The van der Waals surface area contributed by atoms with Crippen LogP contribution < -0.4 is 0 Å². The molecule has 16 heavy (non-hydrogen) atoms. The highest BCUT2D eigenvalue weighted by molar-refractivity contribution is 5.60. The summed E-state index contributed by atoms with van der Waals surface area (Å²) < 4.78 is 6.89. The second-order valence-electron chi connectivity index (χ2n) is 3.67. The van der Waals surface area contributed by atoms with Crippen molar-refractivity contribution in [3.8, 4) is 11.3 Å². The lowest BCUT2D eigenvalue weighted by Gasteiger charge is -1.91. The van der Waals surface area contributed by atoms with Gasteiger partial charge in [-0.15, -0.1) is 0 Å². The van der Waals surface area contributed by atoms with Gasteiger partial charge in [-0.25, -0.2) is 0 Å². The Kier molecular flexibility index (Phi) is 3.05. The fourth-order valence-electron chi connectivity index (χ4n) is 1.68.